The van der Waals surface area contributed by atoms with Gasteiger partial charge in [-0.25, -0.2) is 9.48 Å². The summed E-state index contributed by atoms with van der Waals surface area (Å²) in [7, 11) is 3.24. The van der Waals surface area contributed by atoms with E-state index < -0.39 is 5.60 Å². The fraction of sp³-hybridized carbons (Fsp3) is 0.688. The zero-order valence-corrected chi connectivity index (χ0v) is 16.9. The van der Waals surface area contributed by atoms with Gasteiger partial charge in [-0.2, -0.15) is 5.10 Å². The number of amides is 2. The standard InChI is InChI=1S/C16H25BrN4O4/c1-16(2,3)25-15(23)21-8-6-7-20(9-10-21)13(22)12-11(17)14(24-5)19(4)18-12/h6-10H2,1-5H3. The molecule has 0 unspecified atom stereocenters. The lowest BCUT2D eigenvalue weighted by molar-refractivity contribution is 0.0255. The summed E-state index contributed by atoms with van der Waals surface area (Å²) in [4.78, 5) is 28.4. The summed E-state index contributed by atoms with van der Waals surface area (Å²) in [6.45, 7) is 7.50. The van der Waals surface area contributed by atoms with Gasteiger partial charge in [0.25, 0.3) is 5.91 Å². The smallest absolute Gasteiger partial charge is 0.410 e. The third-order valence-corrected chi connectivity index (χ3v) is 4.49. The van der Waals surface area contributed by atoms with E-state index in [0.29, 0.717) is 48.6 Å². The van der Waals surface area contributed by atoms with Crippen LogP contribution in [0.5, 0.6) is 5.88 Å². The van der Waals surface area contributed by atoms with Crippen LogP contribution in [0.2, 0.25) is 0 Å². The lowest BCUT2D eigenvalue weighted by Gasteiger charge is -2.26. The van der Waals surface area contributed by atoms with Crippen molar-refractivity contribution in [1.82, 2.24) is 19.6 Å². The Bertz CT molecular complexity index is 653. The van der Waals surface area contributed by atoms with Crippen LogP contribution in [0.1, 0.15) is 37.7 Å². The van der Waals surface area contributed by atoms with Crippen LogP contribution in [0.3, 0.4) is 0 Å². The summed E-state index contributed by atoms with van der Waals surface area (Å²) in [6.07, 6.45) is 0.342. The van der Waals surface area contributed by atoms with E-state index in [-0.39, 0.29) is 12.0 Å². The largest absolute Gasteiger partial charge is 0.480 e. The molecule has 0 saturated carbocycles. The maximum absolute atomic E-state index is 12.8. The van der Waals surface area contributed by atoms with Gasteiger partial charge in [-0.05, 0) is 43.1 Å². The maximum atomic E-state index is 12.8. The molecule has 0 N–H and O–H groups in total. The minimum absolute atomic E-state index is 0.184. The second-order valence-electron chi connectivity index (χ2n) is 6.91. The minimum Gasteiger partial charge on any atom is -0.480 e. The highest BCUT2D eigenvalue weighted by molar-refractivity contribution is 9.10. The zero-order chi connectivity index (χ0) is 18.8. The topological polar surface area (TPSA) is 76.9 Å². The molecule has 1 fully saturated rings. The first-order valence-electron chi connectivity index (χ1n) is 8.17. The molecule has 0 spiro atoms. The van der Waals surface area contributed by atoms with Crippen molar-refractivity contribution in [2.45, 2.75) is 32.8 Å². The van der Waals surface area contributed by atoms with E-state index in [1.54, 1.807) is 16.8 Å². The monoisotopic (exact) mass is 416 g/mol. The molecule has 1 aliphatic heterocycles. The van der Waals surface area contributed by atoms with E-state index in [1.807, 2.05) is 20.8 Å². The Morgan fingerprint density at radius 3 is 2.28 bits per heavy atom. The second kappa shape index (κ2) is 7.63. The fourth-order valence-electron chi connectivity index (χ4n) is 2.62. The molecular weight excluding hydrogens is 392 g/mol. The first-order chi connectivity index (χ1) is 11.6. The maximum Gasteiger partial charge on any atom is 0.410 e. The summed E-state index contributed by atoms with van der Waals surface area (Å²) >= 11 is 3.38. The molecule has 2 amide bonds. The molecule has 9 heteroatoms. The minimum atomic E-state index is -0.533. The number of aromatic nitrogens is 2. The highest BCUT2D eigenvalue weighted by atomic mass is 79.9. The Hall–Kier alpha value is -1.77. The molecule has 0 aliphatic carbocycles. The van der Waals surface area contributed by atoms with Crippen molar-refractivity contribution in [3.05, 3.63) is 10.2 Å². The van der Waals surface area contributed by atoms with Gasteiger partial charge in [0.15, 0.2) is 5.69 Å². The second-order valence-corrected chi connectivity index (χ2v) is 7.70. The van der Waals surface area contributed by atoms with Crippen LogP contribution in [0.4, 0.5) is 4.79 Å². The van der Waals surface area contributed by atoms with Gasteiger partial charge in [0.05, 0.1) is 7.11 Å². The summed E-state index contributed by atoms with van der Waals surface area (Å²) in [5.74, 6) is 0.311. The molecule has 2 heterocycles. The van der Waals surface area contributed by atoms with E-state index in [1.165, 1.54) is 11.8 Å². The van der Waals surface area contributed by atoms with Crippen LogP contribution in [-0.4, -0.2) is 70.5 Å². The van der Waals surface area contributed by atoms with E-state index in [2.05, 4.69) is 21.0 Å². The third kappa shape index (κ3) is 4.65. The number of aryl methyl sites for hydroxylation is 1. The molecule has 2 rings (SSSR count). The predicted molar refractivity (Wildman–Crippen MR) is 95.8 cm³/mol. The number of methoxy groups -OCH3 is 1. The Morgan fingerprint density at radius 2 is 1.72 bits per heavy atom. The van der Waals surface area contributed by atoms with Crippen molar-refractivity contribution in [3.8, 4) is 5.88 Å². The van der Waals surface area contributed by atoms with Gasteiger partial charge in [-0.3, -0.25) is 4.79 Å². The normalized spacial score (nSPS) is 15.8. The molecule has 0 atom stereocenters. The number of rotatable bonds is 2. The van der Waals surface area contributed by atoms with Gasteiger partial charge in [-0.15, -0.1) is 0 Å². The van der Waals surface area contributed by atoms with Crippen molar-refractivity contribution in [2.75, 3.05) is 33.3 Å². The summed E-state index contributed by atoms with van der Waals surface area (Å²) in [5, 5.41) is 4.24. The Balaban J connectivity index is 2.06. The average molecular weight is 417 g/mol. The summed E-state index contributed by atoms with van der Waals surface area (Å²) in [5.41, 5.74) is -0.223. The average Bonchev–Trinajstić information content (AvgIpc) is 2.69. The van der Waals surface area contributed by atoms with E-state index in [4.69, 9.17) is 9.47 Å². The van der Waals surface area contributed by atoms with Crippen molar-refractivity contribution < 1.29 is 19.1 Å². The zero-order valence-electron chi connectivity index (χ0n) is 15.3. The third-order valence-electron chi connectivity index (χ3n) is 3.77. The lowest BCUT2D eigenvalue weighted by Crippen LogP contribution is -2.40. The van der Waals surface area contributed by atoms with Crippen LogP contribution in [0, 0.1) is 0 Å². The molecule has 1 aliphatic rings. The molecule has 1 aromatic heterocycles. The molecular formula is C16H25BrN4O4. The molecule has 1 aromatic rings. The van der Waals surface area contributed by atoms with Crippen molar-refractivity contribution in [2.24, 2.45) is 7.05 Å². The number of hydrogen-bond acceptors (Lipinski definition) is 5. The van der Waals surface area contributed by atoms with E-state index >= 15 is 0 Å². The number of nitrogens with zero attached hydrogens (tertiary/aromatic N) is 4. The first kappa shape index (κ1) is 19.6. The van der Waals surface area contributed by atoms with Gasteiger partial charge in [0.1, 0.15) is 10.1 Å². The molecule has 8 nitrogen and oxygen atoms in total. The molecule has 140 valence electrons. The summed E-state index contributed by atoms with van der Waals surface area (Å²) < 4.78 is 12.7. The highest BCUT2D eigenvalue weighted by Gasteiger charge is 2.29. The number of carbonyl (C=O) groups is 2. The first-order valence-corrected chi connectivity index (χ1v) is 8.97. The number of halogens is 1. The Morgan fingerprint density at radius 1 is 1.12 bits per heavy atom. The Labute approximate surface area is 156 Å². The molecule has 0 aromatic carbocycles. The van der Waals surface area contributed by atoms with Crippen LogP contribution in [-0.2, 0) is 11.8 Å². The number of hydrogen-bond donors (Lipinski definition) is 0. The van der Waals surface area contributed by atoms with Crippen LogP contribution in [0.15, 0.2) is 4.47 Å². The van der Waals surface area contributed by atoms with Crippen molar-refractivity contribution in [1.29, 1.82) is 0 Å². The predicted octanol–water partition coefficient (Wildman–Crippen LogP) is 2.27. The molecule has 0 radical (unpaired) electrons. The number of carbonyl (C=O) groups excluding carboxylic acids is 2. The highest BCUT2D eigenvalue weighted by Crippen LogP contribution is 2.28. The van der Waals surface area contributed by atoms with Crippen molar-refractivity contribution in [3.63, 3.8) is 0 Å². The SMILES string of the molecule is COc1c(Br)c(C(=O)N2CCCN(C(=O)OC(C)(C)C)CC2)nn1C. The van der Waals surface area contributed by atoms with E-state index in [9.17, 15) is 9.59 Å². The lowest BCUT2D eigenvalue weighted by atomic mass is 10.2. The quantitative estimate of drug-likeness (QED) is 0.738. The van der Waals surface area contributed by atoms with Crippen LogP contribution >= 0.6 is 15.9 Å². The fourth-order valence-corrected chi connectivity index (χ4v) is 3.29. The van der Waals surface area contributed by atoms with Gasteiger partial charge >= 0.3 is 6.09 Å². The summed E-state index contributed by atoms with van der Waals surface area (Å²) in [6, 6.07) is 0. The molecule has 0 bridgehead atoms. The van der Waals surface area contributed by atoms with Gasteiger partial charge in [0, 0.05) is 33.2 Å². The Kier molecular flexibility index (Phi) is 5.97. The van der Waals surface area contributed by atoms with Crippen LogP contribution < -0.4 is 4.74 Å². The van der Waals surface area contributed by atoms with Crippen molar-refractivity contribution >= 4 is 27.9 Å². The van der Waals surface area contributed by atoms with Crippen LogP contribution in [0.25, 0.3) is 0 Å². The van der Waals surface area contributed by atoms with Gasteiger partial charge in [0.2, 0.25) is 5.88 Å². The molecule has 25 heavy (non-hydrogen) atoms. The van der Waals surface area contributed by atoms with Gasteiger partial charge in [-0.1, -0.05) is 0 Å². The van der Waals surface area contributed by atoms with E-state index in [0.717, 1.165) is 0 Å². The number of ether oxygens (including phenoxy) is 2. The van der Waals surface area contributed by atoms with Gasteiger partial charge < -0.3 is 19.3 Å². The molecule has 1 saturated heterocycles.